The zero-order valence-electron chi connectivity index (χ0n) is 16.8. The number of carbonyl (C=O) groups is 2. The molecule has 150 valence electrons. The molecule has 0 spiro atoms. The molecule has 2 aromatic carbocycles. The summed E-state index contributed by atoms with van der Waals surface area (Å²) in [6.07, 6.45) is 0.700. The molecule has 2 amide bonds. The summed E-state index contributed by atoms with van der Waals surface area (Å²) in [6.45, 7) is 2.34. The Morgan fingerprint density at radius 2 is 1.83 bits per heavy atom. The molecule has 0 unspecified atom stereocenters. The van der Waals surface area contributed by atoms with Crippen molar-refractivity contribution in [2.75, 3.05) is 32.2 Å². The van der Waals surface area contributed by atoms with Crippen molar-refractivity contribution in [2.45, 2.75) is 19.9 Å². The van der Waals surface area contributed by atoms with E-state index in [2.05, 4.69) is 6.07 Å². The van der Waals surface area contributed by atoms with Crippen LogP contribution < -0.4 is 14.4 Å². The maximum absolute atomic E-state index is 12.9. The van der Waals surface area contributed by atoms with E-state index in [9.17, 15) is 9.59 Å². The second-order valence-corrected chi connectivity index (χ2v) is 6.81. The molecule has 1 aliphatic heterocycles. The van der Waals surface area contributed by atoms with Crippen molar-refractivity contribution in [2.24, 2.45) is 0 Å². The zero-order valence-corrected chi connectivity index (χ0v) is 16.8. The average molecular weight is 393 g/mol. The lowest BCUT2D eigenvalue weighted by atomic mass is 9.98. The summed E-state index contributed by atoms with van der Waals surface area (Å²) in [5, 5.41) is 9.09. The van der Waals surface area contributed by atoms with Crippen LogP contribution in [-0.2, 0) is 22.6 Å². The van der Waals surface area contributed by atoms with Crippen molar-refractivity contribution >= 4 is 17.5 Å². The first-order valence-electron chi connectivity index (χ1n) is 9.26. The van der Waals surface area contributed by atoms with E-state index in [1.807, 2.05) is 12.1 Å². The van der Waals surface area contributed by atoms with Crippen LogP contribution in [0.1, 0.15) is 23.6 Å². The van der Waals surface area contributed by atoms with Gasteiger partial charge in [-0.3, -0.25) is 9.59 Å². The van der Waals surface area contributed by atoms with Gasteiger partial charge in [-0.1, -0.05) is 6.07 Å². The minimum atomic E-state index is -0.253. The van der Waals surface area contributed by atoms with Crippen molar-refractivity contribution in [1.82, 2.24) is 4.90 Å². The van der Waals surface area contributed by atoms with Gasteiger partial charge in [-0.05, 0) is 47.9 Å². The molecule has 0 saturated carbocycles. The normalized spacial score (nSPS) is 12.6. The van der Waals surface area contributed by atoms with Gasteiger partial charge in [0, 0.05) is 25.7 Å². The third-order valence-corrected chi connectivity index (χ3v) is 5.03. The second-order valence-electron chi connectivity index (χ2n) is 6.81. The molecule has 7 heteroatoms. The number of benzene rings is 2. The number of hydrogen-bond acceptors (Lipinski definition) is 5. The first-order valence-corrected chi connectivity index (χ1v) is 9.26. The summed E-state index contributed by atoms with van der Waals surface area (Å²) < 4.78 is 10.7. The fraction of sp³-hybridized carbons (Fsp3) is 0.318. The molecule has 1 heterocycles. The number of rotatable bonds is 5. The number of carbonyl (C=O) groups excluding carboxylic acids is 2. The highest BCUT2D eigenvalue weighted by Crippen LogP contribution is 2.33. The van der Waals surface area contributed by atoms with E-state index in [1.54, 1.807) is 43.4 Å². The summed E-state index contributed by atoms with van der Waals surface area (Å²) in [5.74, 6) is 0.894. The molecule has 0 N–H and O–H groups in total. The van der Waals surface area contributed by atoms with Gasteiger partial charge < -0.3 is 19.3 Å². The lowest BCUT2D eigenvalue weighted by molar-refractivity contribution is -0.132. The zero-order chi connectivity index (χ0) is 21.0. The summed E-state index contributed by atoms with van der Waals surface area (Å²) in [6, 6.07) is 12.6. The maximum Gasteiger partial charge on any atom is 0.242 e. The van der Waals surface area contributed by atoms with Crippen LogP contribution in [0.25, 0.3) is 0 Å². The van der Waals surface area contributed by atoms with Crippen molar-refractivity contribution in [1.29, 1.82) is 5.26 Å². The highest BCUT2D eigenvalue weighted by Gasteiger charge is 2.25. The molecule has 0 atom stereocenters. The van der Waals surface area contributed by atoms with Crippen molar-refractivity contribution in [3.05, 3.63) is 53.1 Å². The summed E-state index contributed by atoms with van der Waals surface area (Å²) in [5.41, 5.74) is 3.10. The minimum absolute atomic E-state index is 0.0765. The van der Waals surface area contributed by atoms with E-state index in [0.29, 0.717) is 42.3 Å². The molecular weight excluding hydrogens is 370 g/mol. The van der Waals surface area contributed by atoms with Crippen molar-refractivity contribution in [3.8, 4) is 17.6 Å². The Morgan fingerprint density at radius 1 is 1.14 bits per heavy atom. The fourth-order valence-electron chi connectivity index (χ4n) is 3.46. The first-order chi connectivity index (χ1) is 14.0. The van der Waals surface area contributed by atoms with Crippen LogP contribution in [0.3, 0.4) is 0 Å². The fourth-order valence-corrected chi connectivity index (χ4v) is 3.46. The van der Waals surface area contributed by atoms with Crippen LogP contribution in [0.15, 0.2) is 36.4 Å². The monoisotopic (exact) mass is 393 g/mol. The standard InChI is InChI=1S/C22H23N3O4/c1-15(26)25(19-6-4-5-16(9-19)12-23)14-22(27)24-8-7-17-10-20(28-2)21(29-3)11-18(17)13-24/h4-6,9-11H,7-8,13-14H2,1-3H3. The van der Waals surface area contributed by atoms with Gasteiger partial charge in [0.25, 0.3) is 0 Å². The molecule has 7 nitrogen and oxygen atoms in total. The smallest absolute Gasteiger partial charge is 0.242 e. The van der Waals surface area contributed by atoms with Gasteiger partial charge in [-0.25, -0.2) is 0 Å². The van der Waals surface area contributed by atoms with Crippen LogP contribution >= 0.6 is 0 Å². The van der Waals surface area contributed by atoms with E-state index >= 15 is 0 Å². The average Bonchev–Trinajstić information content (AvgIpc) is 2.75. The predicted octanol–water partition coefficient (Wildman–Crippen LogP) is 2.51. The van der Waals surface area contributed by atoms with Crippen molar-refractivity contribution < 1.29 is 19.1 Å². The lowest BCUT2D eigenvalue weighted by Crippen LogP contribution is -2.44. The van der Waals surface area contributed by atoms with Gasteiger partial charge in [0.15, 0.2) is 11.5 Å². The van der Waals surface area contributed by atoms with Crippen LogP contribution in [0.5, 0.6) is 11.5 Å². The molecule has 29 heavy (non-hydrogen) atoms. The molecule has 0 aromatic heterocycles. The third kappa shape index (κ3) is 4.32. The molecule has 0 radical (unpaired) electrons. The molecular formula is C22H23N3O4. The Morgan fingerprint density at radius 3 is 2.45 bits per heavy atom. The maximum atomic E-state index is 12.9. The van der Waals surface area contributed by atoms with E-state index in [0.717, 1.165) is 11.1 Å². The first kappa shape index (κ1) is 20.2. The van der Waals surface area contributed by atoms with Gasteiger partial charge in [0.05, 0.1) is 25.9 Å². The number of fused-ring (bicyclic) bond motifs is 1. The Kier molecular flexibility index (Phi) is 6.03. The predicted molar refractivity (Wildman–Crippen MR) is 108 cm³/mol. The Balaban J connectivity index is 1.78. The van der Waals surface area contributed by atoms with Gasteiger partial charge in [-0.2, -0.15) is 5.26 Å². The number of anilines is 1. The molecule has 0 saturated heterocycles. The van der Waals surface area contributed by atoms with Gasteiger partial charge in [0.1, 0.15) is 6.54 Å². The van der Waals surface area contributed by atoms with Gasteiger partial charge >= 0.3 is 0 Å². The van der Waals surface area contributed by atoms with Crippen LogP contribution in [0.2, 0.25) is 0 Å². The highest BCUT2D eigenvalue weighted by atomic mass is 16.5. The van der Waals surface area contributed by atoms with Gasteiger partial charge in [-0.15, -0.1) is 0 Å². The molecule has 1 aliphatic rings. The molecule has 0 bridgehead atoms. The number of amides is 2. The molecule has 0 fully saturated rings. The Hall–Kier alpha value is -3.53. The minimum Gasteiger partial charge on any atom is -0.493 e. The summed E-state index contributed by atoms with van der Waals surface area (Å²) >= 11 is 0. The lowest BCUT2D eigenvalue weighted by Gasteiger charge is -2.31. The second kappa shape index (κ2) is 8.65. The Bertz CT molecular complexity index is 981. The number of methoxy groups -OCH3 is 2. The summed E-state index contributed by atoms with van der Waals surface area (Å²) in [4.78, 5) is 28.2. The van der Waals surface area contributed by atoms with E-state index in [1.165, 1.54) is 11.8 Å². The van der Waals surface area contributed by atoms with Crippen LogP contribution in [-0.4, -0.2) is 44.0 Å². The number of nitrogens with zero attached hydrogens (tertiary/aromatic N) is 3. The quantitative estimate of drug-likeness (QED) is 0.780. The molecule has 0 aliphatic carbocycles. The van der Waals surface area contributed by atoms with Crippen LogP contribution in [0, 0.1) is 11.3 Å². The van der Waals surface area contributed by atoms with Crippen LogP contribution in [0.4, 0.5) is 5.69 Å². The van der Waals surface area contributed by atoms with Gasteiger partial charge in [0.2, 0.25) is 11.8 Å². The highest BCUT2D eigenvalue weighted by molar-refractivity contribution is 5.97. The largest absolute Gasteiger partial charge is 0.493 e. The molecule has 3 rings (SSSR count). The Labute approximate surface area is 170 Å². The van der Waals surface area contributed by atoms with E-state index in [4.69, 9.17) is 14.7 Å². The number of ether oxygens (including phenoxy) is 2. The molecule has 2 aromatic rings. The van der Waals surface area contributed by atoms with Crippen molar-refractivity contribution in [3.63, 3.8) is 0 Å². The third-order valence-electron chi connectivity index (χ3n) is 5.03. The summed E-state index contributed by atoms with van der Waals surface area (Å²) in [7, 11) is 3.18. The van der Waals surface area contributed by atoms with E-state index < -0.39 is 0 Å². The number of hydrogen-bond donors (Lipinski definition) is 0. The number of nitriles is 1. The SMILES string of the molecule is COc1cc2c(cc1OC)CN(C(=O)CN(C(C)=O)c1cccc(C#N)c1)CC2. The van der Waals surface area contributed by atoms with E-state index in [-0.39, 0.29) is 18.4 Å². The topological polar surface area (TPSA) is 82.9 Å².